The highest BCUT2D eigenvalue weighted by molar-refractivity contribution is 6.31. The highest BCUT2D eigenvalue weighted by atomic mass is 35.5. The van der Waals surface area contributed by atoms with Gasteiger partial charge in [0.25, 0.3) is 0 Å². The van der Waals surface area contributed by atoms with Gasteiger partial charge in [0.05, 0.1) is 0 Å². The van der Waals surface area contributed by atoms with E-state index in [2.05, 4.69) is 0 Å². The van der Waals surface area contributed by atoms with E-state index >= 15 is 0 Å². The van der Waals surface area contributed by atoms with E-state index in [4.69, 9.17) is 23.2 Å². The first kappa shape index (κ1) is 18.5. The maximum absolute atomic E-state index is 14.5. The number of fused-ring (bicyclic) bond motifs is 1. The van der Waals surface area contributed by atoms with Crippen LogP contribution in [-0.2, 0) is 0 Å². The molecule has 2 N–H and O–H groups in total. The van der Waals surface area contributed by atoms with E-state index in [0.717, 1.165) is 6.07 Å². The Morgan fingerprint density at radius 3 is 1.82 bits per heavy atom. The second-order valence-electron chi connectivity index (χ2n) is 6.30. The molecule has 6 heteroatoms. The molecule has 0 atom stereocenters. The van der Waals surface area contributed by atoms with E-state index < -0.39 is 11.6 Å². The van der Waals surface area contributed by atoms with Crippen LogP contribution in [0, 0.1) is 11.6 Å². The maximum atomic E-state index is 14.5. The lowest BCUT2D eigenvalue weighted by molar-refractivity contribution is 0.475. The molecule has 28 heavy (non-hydrogen) atoms. The lowest BCUT2D eigenvalue weighted by Crippen LogP contribution is -1.91. The average molecular weight is 417 g/mol. The Labute approximate surface area is 169 Å². The van der Waals surface area contributed by atoms with Gasteiger partial charge >= 0.3 is 0 Å². The Hall–Kier alpha value is -2.82. The predicted octanol–water partition coefficient (Wildman–Crippen LogP) is 7.17. The number of hydrogen-bond donors (Lipinski definition) is 2. The van der Waals surface area contributed by atoms with E-state index in [9.17, 15) is 19.0 Å². The smallest absolute Gasteiger partial charge is 0.132 e. The summed E-state index contributed by atoms with van der Waals surface area (Å²) in [5.41, 5.74) is 0.900. The highest BCUT2D eigenvalue weighted by Gasteiger charge is 2.18. The standard InChI is InChI=1S/C22H12Cl2F2O2/c23-11-1-3-15(19(25)7-11)17-9-13(27)10-18-14(17)5-6-21(28)22(18)16-4-2-12(24)8-20(16)26/h1-10,27-28H. The number of rotatable bonds is 2. The fourth-order valence-electron chi connectivity index (χ4n) is 3.31. The molecule has 0 saturated carbocycles. The van der Waals surface area contributed by atoms with Crippen LogP contribution in [0.3, 0.4) is 0 Å². The van der Waals surface area contributed by atoms with Crippen molar-refractivity contribution in [3.63, 3.8) is 0 Å². The van der Waals surface area contributed by atoms with E-state index in [-0.39, 0.29) is 38.2 Å². The fraction of sp³-hybridized carbons (Fsp3) is 0. The van der Waals surface area contributed by atoms with Gasteiger partial charge in [-0.3, -0.25) is 0 Å². The number of halogens is 4. The van der Waals surface area contributed by atoms with Gasteiger partial charge in [-0.1, -0.05) is 29.3 Å². The van der Waals surface area contributed by atoms with Gasteiger partial charge < -0.3 is 10.2 Å². The summed E-state index contributed by atoms with van der Waals surface area (Å²) in [6.07, 6.45) is 0. The van der Waals surface area contributed by atoms with Crippen molar-refractivity contribution in [1.82, 2.24) is 0 Å². The third-order valence-corrected chi connectivity index (χ3v) is 4.99. The van der Waals surface area contributed by atoms with Crippen LogP contribution in [0.15, 0.2) is 60.7 Å². The number of aromatic hydroxyl groups is 2. The minimum atomic E-state index is -0.627. The van der Waals surface area contributed by atoms with Gasteiger partial charge in [-0.15, -0.1) is 0 Å². The Kier molecular flexibility index (Phi) is 4.61. The second-order valence-corrected chi connectivity index (χ2v) is 7.17. The summed E-state index contributed by atoms with van der Waals surface area (Å²) >= 11 is 11.7. The molecule has 4 aromatic rings. The van der Waals surface area contributed by atoms with Gasteiger partial charge in [0.2, 0.25) is 0 Å². The summed E-state index contributed by atoms with van der Waals surface area (Å²) in [6.45, 7) is 0. The van der Waals surface area contributed by atoms with E-state index in [1.54, 1.807) is 6.07 Å². The van der Waals surface area contributed by atoms with Crippen LogP contribution in [0.4, 0.5) is 8.78 Å². The van der Waals surface area contributed by atoms with Gasteiger partial charge in [0.1, 0.15) is 23.1 Å². The summed E-state index contributed by atoms with van der Waals surface area (Å²) in [7, 11) is 0. The quantitative estimate of drug-likeness (QED) is 0.363. The summed E-state index contributed by atoms with van der Waals surface area (Å²) in [5, 5.41) is 22.0. The monoisotopic (exact) mass is 416 g/mol. The lowest BCUT2D eigenvalue weighted by Gasteiger charge is -2.15. The van der Waals surface area contributed by atoms with Crippen molar-refractivity contribution >= 4 is 34.0 Å². The van der Waals surface area contributed by atoms with Gasteiger partial charge in [-0.25, -0.2) is 8.78 Å². The molecule has 0 bridgehead atoms. The van der Waals surface area contributed by atoms with E-state index in [1.807, 2.05) is 0 Å². The molecule has 0 aliphatic rings. The molecule has 140 valence electrons. The number of phenolic OH excluding ortho intramolecular Hbond substituents is 2. The van der Waals surface area contributed by atoms with Gasteiger partial charge in [0.15, 0.2) is 0 Å². The second kappa shape index (κ2) is 6.97. The molecule has 0 amide bonds. The van der Waals surface area contributed by atoms with Gasteiger partial charge in [-0.05, 0) is 70.9 Å². The molecule has 0 unspecified atom stereocenters. The fourth-order valence-corrected chi connectivity index (χ4v) is 3.63. The average Bonchev–Trinajstić information content (AvgIpc) is 2.62. The molecule has 0 spiro atoms. The van der Waals surface area contributed by atoms with Crippen molar-refractivity contribution < 1.29 is 19.0 Å². The summed E-state index contributed by atoms with van der Waals surface area (Å²) in [5.74, 6) is -1.52. The van der Waals surface area contributed by atoms with Crippen molar-refractivity contribution in [3.05, 3.63) is 82.3 Å². The molecule has 0 heterocycles. The van der Waals surface area contributed by atoms with Crippen LogP contribution < -0.4 is 0 Å². The molecule has 2 nitrogen and oxygen atoms in total. The van der Waals surface area contributed by atoms with Gasteiger partial charge in [0, 0.05) is 26.7 Å². The van der Waals surface area contributed by atoms with Crippen LogP contribution in [0.2, 0.25) is 10.0 Å². The first-order valence-electron chi connectivity index (χ1n) is 8.24. The molecule has 0 fully saturated rings. The Bertz CT molecular complexity index is 1240. The molecule has 0 aliphatic heterocycles. The first-order chi connectivity index (χ1) is 13.3. The van der Waals surface area contributed by atoms with Crippen molar-refractivity contribution in [2.75, 3.05) is 0 Å². The molecule has 0 radical (unpaired) electrons. The first-order valence-corrected chi connectivity index (χ1v) is 9.00. The summed E-state index contributed by atoms with van der Waals surface area (Å²) in [6, 6.07) is 14.1. The maximum Gasteiger partial charge on any atom is 0.132 e. The molecule has 0 aliphatic carbocycles. The van der Waals surface area contributed by atoms with Crippen molar-refractivity contribution in [3.8, 4) is 33.8 Å². The number of hydrogen-bond acceptors (Lipinski definition) is 2. The van der Waals surface area contributed by atoms with E-state index in [1.165, 1.54) is 48.5 Å². The zero-order valence-corrected chi connectivity index (χ0v) is 15.7. The Morgan fingerprint density at radius 1 is 0.607 bits per heavy atom. The predicted molar refractivity (Wildman–Crippen MR) is 108 cm³/mol. The van der Waals surface area contributed by atoms with Crippen molar-refractivity contribution in [2.45, 2.75) is 0 Å². The van der Waals surface area contributed by atoms with Crippen molar-refractivity contribution in [1.29, 1.82) is 0 Å². The highest BCUT2D eigenvalue weighted by Crippen LogP contribution is 2.43. The molecular formula is C22H12Cl2F2O2. The zero-order chi connectivity index (χ0) is 20.0. The molecular weight excluding hydrogens is 405 g/mol. The number of phenols is 2. The summed E-state index contributed by atoms with van der Waals surface area (Å²) < 4.78 is 29.1. The molecule has 4 rings (SSSR count). The summed E-state index contributed by atoms with van der Waals surface area (Å²) in [4.78, 5) is 0. The van der Waals surface area contributed by atoms with Gasteiger partial charge in [-0.2, -0.15) is 0 Å². The third-order valence-electron chi connectivity index (χ3n) is 4.52. The molecule has 0 aromatic heterocycles. The SMILES string of the molecule is Oc1cc(-c2ccc(Cl)cc2F)c2ccc(O)c(-c3ccc(Cl)cc3F)c2c1. The normalized spacial score (nSPS) is 11.1. The van der Waals surface area contributed by atoms with Crippen LogP contribution >= 0.6 is 23.2 Å². The van der Waals surface area contributed by atoms with E-state index in [0.29, 0.717) is 16.3 Å². The molecule has 0 saturated heterocycles. The minimum absolute atomic E-state index is 0.112. The van der Waals surface area contributed by atoms with Crippen LogP contribution in [0.5, 0.6) is 11.5 Å². The van der Waals surface area contributed by atoms with Crippen molar-refractivity contribution in [2.24, 2.45) is 0 Å². The topological polar surface area (TPSA) is 40.5 Å². The third kappa shape index (κ3) is 3.15. The van der Waals surface area contributed by atoms with Crippen LogP contribution in [0.1, 0.15) is 0 Å². The van der Waals surface area contributed by atoms with Crippen LogP contribution in [0.25, 0.3) is 33.0 Å². The minimum Gasteiger partial charge on any atom is -0.508 e. The lowest BCUT2D eigenvalue weighted by atomic mass is 9.91. The molecule has 4 aromatic carbocycles. The Morgan fingerprint density at radius 2 is 1.21 bits per heavy atom. The van der Waals surface area contributed by atoms with Crippen LogP contribution in [-0.4, -0.2) is 10.2 Å². The Balaban J connectivity index is 2.09. The zero-order valence-electron chi connectivity index (χ0n) is 14.2. The largest absolute Gasteiger partial charge is 0.508 e. The number of benzene rings is 4.